The number of amides is 1. The first-order chi connectivity index (χ1) is 15.3. The molecule has 8 heteroatoms. The van der Waals surface area contributed by atoms with Gasteiger partial charge in [-0.25, -0.2) is 8.42 Å². The highest BCUT2D eigenvalue weighted by Crippen LogP contribution is 2.36. The molecule has 7 nitrogen and oxygen atoms in total. The van der Waals surface area contributed by atoms with Crippen molar-refractivity contribution in [3.05, 3.63) is 89.5 Å². The number of benzene rings is 3. The van der Waals surface area contributed by atoms with Gasteiger partial charge in [-0.05, 0) is 30.2 Å². The molecule has 1 amide bonds. The summed E-state index contributed by atoms with van der Waals surface area (Å²) in [7, 11) is -3.73. The van der Waals surface area contributed by atoms with Gasteiger partial charge in [0.05, 0.1) is 18.0 Å². The molecule has 0 aliphatic carbocycles. The number of nitrogens with one attached hydrogen (secondary N) is 1. The van der Waals surface area contributed by atoms with E-state index in [9.17, 15) is 13.2 Å². The summed E-state index contributed by atoms with van der Waals surface area (Å²) in [4.78, 5) is 13.1. The molecule has 3 aromatic carbocycles. The summed E-state index contributed by atoms with van der Waals surface area (Å²) in [5.74, 6) is 0.552. The van der Waals surface area contributed by atoms with Crippen LogP contribution < -0.4 is 19.1 Å². The van der Waals surface area contributed by atoms with E-state index in [1.54, 1.807) is 18.2 Å². The lowest BCUT2D eigenvalue weighted by molar-refractivity contribution is -0.120. The second-order valence-corrected chi connectivity index (χ2v) is 9.54. The number of rotatable bonds is 7. The Bertz CT molecular complexity index is 1210. The molecule has 4 rings (SSSR count). The summed E-state index contributed by atoms with van der Waals surface area (Å²) in [5, 5.41) is 2.99. The molecule has 1 N–H and O–H groups in total. The second kappa shape index (κ2) is 8.92. The van der Waals surface area contributed by atoms with Crippen LogP contribution in [0.15, 0.2) is 72.8 Å². The molecule has 32 heavy (non-hydrogen) atoms. The van der Waals surface area contributed by atoms with Crippen molar-refractivity contribution >= 4 is 21.6 Å². The first kappa shape index (κ1) is 21.7. The molecule has 0 saturated carbocycles. The standard InChI is InChI=1S/C24H24N2O5S/c1-17-8-10-19(11-9-17)24(18-6-4-3-5-7-18)25-23(27)15-26(32(2,28)29)20-12-13-21-22(14-20)31-16-30-21/h3-14,24H,15-16H2,1-2H3,(H,25,27)/t24-/m1/s1. The van der Waals surface area contributed by atoms with Gasteiger partial charge in [-0.1, -0.05) is 60.2 Å². The van der Waals surface area contributed by atoms with Gasteiger partial charge in [0.2, 0.25) is 22.7 Å². The smallest absolute Gasteiger partial charge is 0.241 e. The fourth-order valence-corrected chi connectivity index (χ4v) is 4.39. The number of hydrogen-bond donors (Lipinski definition) is 1. The van der Waals surface area contributed by atoms with Crippen molar-refractivity contribution in [2.24, 2.45) is 0 Å². The molecule has 0 fully saturated rings. The SMILES string of the molecule is Cc1ccc([C@H](NC(=O)CN(c2ccc3c(c2)OCO3)S(C)(=O)=O)c2ccccc2)cc1. The maximum atomic E-state index is 13.1. The highest BCUT2D eigenvalue weighted by molar-refractivity contribution is 7.92. The van der Waals surface area contributed by atoms with Crippen LogP contribution in [0, 0.1) is 6.92 Å². The zero-order valence-electron chi connectivity index (χ0n) is 17.8. The van der Waals surface area contributed by atoms with Crippen molar-refractivity contribution in [1.29, 1.82) is 0 Å². The second-order valence-electron chi connectivity index (χ2n) is 7.63. The molecule has 166 valence electrons. The van der Waals surface area contributed by atoms with Crippen molar-refractivity contribution in [1.82, 2.24) is 5.32 Å². The topological polar surface area (TPSA) is 84.9 Å². The van der Waals surface area contributed by atoms with Crippen LogP contribution in [-0.4, -0.2) is 33.9 Å². The maximum absolute atomic E-state index is 13.1. The van der Waals surface area contributed by atoms with Crippen LogP contribution >= 0.6 is 0 Å². The number of sulfonamides is 1. The molecule has 0 radical (unpaired) electrons. The first-order valence-corrected chi connectivity index (χ1v) is 11.9. The maximum Gasteiger partial charge on any atom is 0.241 e. The van der Waals surface area contributed by atoms with Gasteiger partial charge in [0.1, 0.15) is 6.54 Å². The molecule has 0 aromatic heterocycles. The lowest BCUT2D eigenvalue weighted by Crippen LogP contribution is -2.41. The van der Waals surface area contributed by atoms with E-state index in [1.807, 2.05) is 61.5 Å². The number of fused-ring (bicyclic) bond motifs is 1. The molecule has 0 spiro atoms. The number of ether oxygens (including phenoxy) is 2. The lowest BCUT2D eigenvalue weighted by atomic mass is 9.98. The number of carbonyl (C=O) groups is 1. The summed E-state index contributed by atoms with van der Waals surface area (Å²) < 4.78 is 36.7. The zero-order chi connectivity index (χ0) is 22.7. The molecule has 0 unspecified atom stereocenters. The van der Waals surface area contributed by atoms with Crippen LogP contribution in [0.2, 0.25) is 0 Å². The van der Waals surface area contributed by atoms with E-state index in [2.05, 4.69) is 5.32 Å². The van der Waals surface area contributed by atoms with E-state index in [1.165, 1.54) is 0 Å². The number of nitrogens with zero attached hydrogens (tertiary/aromatic N) is 1. The van der Waals surface area contributed by atoms with Gasteiger partial charge in [-0.3, -0.25) is 9.10 Å². The molecule has 1 heterocycles. The molecule has 1 aliphatic rings. The molecule has 1 atom stereocenters. The summed E-state index contributed by atoms with van der Waals surface area (Å²) in [6, 6.07) is 21.8. The predicted octanol–water partition coefficient (Wildman–Crippen LogP) is 3.40. The van der Waals surface area contributed by atoms with Crippen molar-refractivity contribution in [2.75, 3.05) is 23.9 Å². The Labute approximate surface area is 187 Å². The third kappa shape index (κ3) is 4.86. The number of carbonyl (C=O) groups excluding carboxylic acids is 1. The van der Waals surface area contributed by atoms with E-state index in [0.29, 0.717) is 17.2 Å². The molecular weight excluding hydrogens is 428 g/mol. The summed E-state index contributed by atoms with van der Waals surface area (Å²) in [6.45, 7) is 1.70. The van der Waals surface area contributed by atoms with Crippen LogP contribution in [0.4, 0.5) is 5.69 Å². The largest absolute Gasteiger partial charge is 0.454 e. The van der Waals surface area contributed by atoms with Gasteiger partial charge in [-0.15, -0.1) is 0 Å². The quantitative estimate of drug-likeness (QED) is 0.594. The van der Waals surface area contributed by atoms with Crippen LogP contribution in [0.5, 0.6) is 11.5 Å². The summed E-state index contributed by atoms with van der Waals surface area (Å²) >= 11 is 0. The third-order valence-electron chi connectivity index (χ3n) is 5.18. The Kier molecular flexibility index (Phi) is 6.05. The average Bonchev–Trinajstić information content (AvgIpc) is 3.24. The minimum Gasteiger partial charge on any atom is -0.454 e. The molecule has 0 saturated heterocycles. The summed E-state index contributed by atoms with van der Waals surface area (Å²) in [6.07, 6.45) is 1.07. The number of hydrogen-bond acceptors (Lipinski definition) is 5. The molecule has 0 bridgehead atoms. The molecule has 3 aromatic rings. The average molecular weight is 453 g/mol. The predicted molar refractivity (Wildman–Crippen MR) is 122 cm³/mol. The van der Waals surface area contributed by atoms with E-state index in [-0.39, 0.29) is 13.3 Å². The molecule has 1 aliphatic heterocycles. The summed E-state index contributed by atoms with van der Waals surface area (Å²) in [5.41, 5.74) is 3.25. The third-order valence-corrected chi connectivity index (χ3v) is 6.32. The van der Waals surface area contributed by atoms with Gasteiger partial charge >= 0.3 is 0 Å². The zero-order valence-corrected chi connectivity index (χ0v) is 18.6. The Morgan fingerprint density at radius 3 is 2.31 bits per heavy atom. The van der Waals surface area contributed by atoms with Gasteiger partial charge < -0.3 is 14.8 Å². The lowest BCUT2D eigenvalue weighted by Gasteiger charge is -2.25. The van der Waals surface area contributed by atoms with Crippen molar-refractivity contribution in [3.63, 3.8) is 0 Å². The van der Waals surface area contributed by atoms with Crippen LogP contribution in [0.25, 0.3) is 0 Å². The van der Waals surface area contributed by atoms with Gasteiger partial charge in [-0.2, -0.15) is 0 Å². The van der Waals surface area contributed by atoms with Crippen molar-refractivity contribution in [2.45, 2.75) is 13.0 Å². The Hall–Kier alpha value is -3.52. The van der Waals surface area contributed by atoms with Gasteiger partial charge in [0.25, 0.3) is 0 Å². The number of aryl methyl sites for hydroxylation is 1. The van der Waals surface area contributed by atoms with E-state index in [0.717, 1.165) is 27.3 Å². The molecular formula is C24H24N2O5S. The monoisotopic (exact) mass is 452 g/mol. The minimum atomic E-state index is -3.73. The Morgan fingerprint density at radius 2 is 1.62 bits per heavy atom. The van der Waals surface area contributed by atoms with Crippen LogP contribution in [0.3, 0.4) is 0 Å². The van der Waals surface area contributed by atoms with Crippen molar-refractivity contribution in [3.8, 4) is 11.5 Å². The number of anilines is 1. The highest BCUT2D eigenvalue weighted by atomic mass is 32.2. The van der Waals surface area contributed by atoms with Gasteiger partial charge in [0, 0.05) is 6.07 Å². The fourth-order valence-electron chi connectivity index (χ4n) is 3.54. The van der Waals surface area contributed by atoms with E-state index >= 15 is 0 Å². The van der Waals surface area contributed by atoms with Crippen LogP contribution in [-0.2, 0) is 14.8 Å². The first-order valence-electron chi connectivity index (χ1n) is 10.1. The fraction of sp³-hybridized carbons (Fsp3) is 0.208. The van der Waals surface area contributed by atoms with E-state index < -0.39 is 22.0 Å². The normalized spacial score (nSPS) is 13.4. The van der Waals surface area contributed by atoms with E-state index in [4.69, 9.17) is 9.47 Å². The highest BCUT2D eigenvalue weighted by Gasteiger charge is 2.25. The van der Waals surface area contributed by atoms with Crippen LogP contribution in [0.1, 0.15) is 22.7 Å². The Morgan fingerprint density at radius 1 is 0.969 bits per heavy atom. The minimum absolute atomic E-state index is 0.0768. The Balaban J connectivity index is 1.60. The van der Waals surface area contributed by atoms with Gasteiger partial charge in [0.15, 0.2) is 11.5 Å². The van der Waals surface area contributed by atoms with Crippen molar-refractivity contribution < 1.29 is 22.7 Å².